The third kappa shape index (κ3) is 5.34. The molecule has 0 aliphatic heterocycles. The molecule has 3 aromatic carbocycles. The molecule has 0 radical (unpaired) electrons. The lowest BCUT2D eigenvalue weighted by molar-refractivity contribution is -0.115. The second-order valence-corrected chi connectivity index (χ2v) is 6.76. The summed E-state index contributed by atoms with van der Waals surface area (Å²) < 4.78 is 0. The number of amides is 2. The molecule has 0 atom stereocenters. The van der Waals surface area contributed by atoms with Crippen LogP contribution in [0.25, 0.3) is 0 Å². The molecule has 3 aromatic rings. The predicted molar refractivity (Wildman–Crippen MR) is 113 cm³/mol. The summed E-state index contributed by atoms with van der Waals surface area (Å²) in [6.45, 7) is 0.488. The van der Waals surface area contributed by atoms with Gasteiger partial charge in [-0.2, -0.15) is 0 Å². The number of halogens is 1. The lowest BCUT2D eigenvalue weighted by Crippen LogP contribution is -2.15. The van der Waals surface area contributed by atoms with Crippen LogP contribution in [-0.4, -0.2) is 11.8 Å². The average Bonchev–Trinajstić information content (AvgIpc) is 2.66. The Kier molecular flexibility index (Phi) is 6.29. The van der Waals surface area contributed by atoms with E-state index in [1.165, 1.54) is 0 Å². The van der Waals surface area contributed by atoms with Crippen molar-refractivity contribution in [2.75, 3.05) is 10.6 Å². The number of benzene rings is 3. The fourth-order valence-corrected chi connectivity index (χ4v) is 3.06. The van der Waals surface area contributed by atoms with E-state index in [-0.39, 0.29) is 12.3 Å². The van der Waals surface area contributed by atoms with Crippen LogP contribution in [0, 0.1) is 0 Å². The second kappa shape index (κ2) is 9.06. The summed E-state index contributed by atoms with van der Waals surface area (Å²) in [6, 6.07) is 21.8. The third-order valence-corrected chi connectivity index (χ3v) is 4.38. The maximum absolute atomic E-state index is 12.3. The number of carbonyl (C=O) groups excluding carboxylic acids is 2. The Labute approximate surface area is 168 Å². The van der Waals surface area contributed by atoms with Crippen molar-refractivity contribution in [3.63, 3.8) is 0 Å². The second-order valence-electron chi connectivity index (χ2n) is 6.32. The first-order chi connectivity index (χ1) is 13.5. The molecule has 0 aromatic heterocycles. The lowest BCUT2D eigenvalue weighted by atomic mass is 10.1. The Morgan fingerprint density at radius 1 is 0.893 bits per heavy atom. The summed E-state index contributed by atoms with van der Waals surface area (Å²) in [5.74, 6) is -0.600. The Morgan fingerprint density at radius 2 is 1.64 bits per heavy atom. The molecule has 0 unspecified atom stereocenters. The van der Waals surface area contributed by atoms with E-state index < -0.39 is 5.91 Å². The van der Waals surface area contributed by atoms with Gasteiger partial charge in [0.25, 0.3) is 5.91 Å². The Hall–Kier alpha value is -3.31. The van der Waals surface area contributed by atoms with Crippen molar-refractivity contribution in [1.82, 2.24) is 0 Å². The Balaban J connectivity index is 1.62. The van der Waals surface area contributed by atoms with E-state index in [0.717, 1.165) is 11.1 Å². The molecule has 0 saturated carbocycles. The number of carbonyl (C=O) groups is 2. The highest BCUT2D eigenvalue weighted by Crippen LogP contribution is 2.18. The molecule has 5 nitrogen and oxygen atoms in total. The summed E-state index contributed by atoms with van der Waals surface area (Å²) in [6.07, 6.45) is 0.245. The fourth-order valence-electron chi connectivity index (χ4n) is 2.85. The molecule has 0 fully saturated rings. The van der Waals surface area contributed by atoms with Crippen LogP contribution in [0.2, 0.25) is 5.02 Å². The van der Waals surface area contributed by atoms with Crippen LogP contribution >= 0.6 is 11.6 Å². The molecule has 3 rings (SSSR count). The molecule has 6 heteroatoms. The van der Waals surface area contributed by atoms with Crippen molar-refractivity contribution in [1.29, 1.82) is 0 Å². The minimum absolute atomic E-state index is 0.119. The van der Waals surface area contributed by atoms with Gasteiger partial charge in [0, 0.05) is 22.9 Å². The first kappa shape index (κ1) is 19.5. The number of para-hydroxylation sites is 1. The van der Waals surface area contributed by atoms with Crippen LogP contribution in [0.1, 0.15) is 21.5 Å². The fraction of sp³-hybridized carbons (Fsp3) is 0.0909. The van der Waals surface area contributed by atoms with Crippen molar-refractivity contribution in [2.24, 2.45) is 5.73 Å². The summed E-state index contributed by atoms with van der Waals surface area (Å²) in [7, 11) is 0. The van der Waals surface area contributed by atoms with E-state index in [2.05, 4.69) is 10.6 Å². The van der Waals surface area contributed by atoms with E-state index in [1.807, 2.05) is 42.5 Å². The van der Waals surface area contributed by atoms with E-state index in [9.17, 15) is 9.59 Å². The minimum atomic E-state index is -0.481. The number of nitrogens with two attached hydrogens (primary N) is 1. The number of nitrogens with one attached hydrogen (secondary N) is 2. The third-order valence-electron chi connectivity index (χ3n) is 4.14. The van der Waals surface area contributed by atoms with Crippen LogP contribution < -0.4 is 16.4 Å². The van der Waals surface area contributed by atoms with Gasteiger partial charge in [0.2, 0.25) is 5.91 Å². The van der Waals surface area contributed by atoms with Crippen molar-refractivity contribution < 1.29 is 9.59 Å². The first-order valence-electron chi connectivity index (χ1n) is 8.77. The van der Waals surface area contributed by atoms with Crippen molar-refractivity contribution in [3.05, 3.63) is 94.5 Å². The van der Waals surface area contributed by atoms with Crippen molar-refractivity contribution in [2.45, 2.75) is 13.0 Å². The Bertz CT molecular complexity index is 1000. The monoisotopic (exact) mass is 393 g/mol. The van der Waals surface area contributed by atoms with Gasteiger partial charge < -0.3 is 16.4 Å². The molecule has 0 heterocycles. The van der Waals surface area contributed by atoms with Crippen LogP contribution in [0.4, 0.5) is 11.4 Å². The molecule has 2 amide bonds. The van der Waals surface area contributed by atoms with E-state index in [4.69, 9.17) is 17.3 Å². The molecule has 28 heavy (non-hydrogen) atoms. The maximum Gasteiger partial charge on any atom is 0.250 e. The summed E-state index contributed by atoms with van der Waals surface area (Å²) >= 11 is 5.96. The molecule has 0 saturated heterocycles. The zero-order valence-corrected chi connectivity index (χ0v) is 15.9. The topological polar surface area (TPSA) is 84.2 Å². The average molecular weight is 394 g/mol. The van der Waals surface area contributed by atoms with E-state index in [0.29, 0.717) is 28.5 Å². The van der Waals surface area contributed by atoms with Gasteiger partial charge >= 0.3 is 0 Å². The van der Waals surface area contributed by atoms with Crippen LogP contribution in [-0.2, 0) is 17.8 Å². The highest BCUT2D eigenvalue weighted by molar-refractivity contribution is 6.30. The standard InChI is InChI=1S/C22H20ClN3O2/c23-17-7-3-5-15(11-17)13-21(27)26-18-8-4-6-16(12-18)14-25-20-10-2-1-9-19(20)22(24)28/h1-12,25H,13-14H2,(H2,24,28)(H,26,27). The van der Waals surface area contributed by atoms with Crippen LogP contribution in [0.5, 0.6) is 0 Å². The summed E-state index contributed by atoms with van der Waals surface area (Å²) in [4.78, 5) is 23.8. The van der Waals surface area contributed by atoms with Gasteiger partial charge in [-0.05, 0) is 47.5 Å². The molecule has 0 bridgehead atoms. The lowest BCUT2D eigenvalue weighted by Gasteiger charge is -2.11. The Morgan fingerprint density at radius 3 is 2.43 bits per heavy atom. The minimum Gasteiger partial charge on any atom is -0.380 e. The zero-order chi connectivity index (χ0) is 19.9. The number of anilines is 2. The van der Waals surface area contributed by atoms with Crippen LogP contribution in [0.15, 0.2) is 72.8 Å². The van der Waals surface area contributed by atoms with Gasteiger partial charge in [-0.1, -0.05) is 48.0 Å². The van der Waals surface area contributed by atoms with Crippen molar-refractivity contribution in [3.8, 4) is 0 Å². The summed E-state index contributed by atoms with van der Waals surface area (Å²) in [5.41, 5.74) is 9.02. The van der Waals surface area contributed by atoms with Gasteiger partial charge in [0.05, 0.1) is 12.0 Å². The smallest absolute Gasteiger partial charge is 0.250 e. The van der Waals surface area contributed by atoms with Gasteiger partial charge in [0.1, 0.15) is 0 Å². The van der Waals surface area contributed by atoms with Gasteiger partial charge in [-0.15, -0.1) is 0 Å². The molecule has 0 spiro atoms. The van der Waals surface area contributed by atoms with Crippen molar-refractivity contribution >= 4 is 34.8 Å². The quantitative estimate of drug-likeness (QED) is 0.561. The maximum atomic E-state index is 12.3. The van der Waals surface area contributed by atoms with E-state index >= 15 is 0 Å². The SMILES string of the molecule is NC(=O)c1ccccc1NCc1cccc(NC(=O)Cc2cccc(Cl)c2)c1. The van der Waals surface area contributed by atoms with Gasteiger partial charge in [-0.25, -0.2) is 0 Å². The molecular formula is C22H20ClN3O2. The largest absolute Gasteiger partial charge is 0.380 e. The zero-order valence-electron chi connectivity index (χ0n) is 15.1. The molecule has 0 aliphatic carbocycles. The number of hydrogen-bond donors (Lipinski definition) is 3. The number of hydrogen-bond acceptors (Lipinski definition) is 3. The highest BCUT2D eigenvalue weighted by Gasteiger charge is 2.08. The predicted octanol–water partition coefficient (Wildman–Crippen LogP) is 4.23. The number of rotatable bonds is 7. The van der Waals surface area contributed by atoms with Crippen LogP contribution in [0.3, 0.4) is 0 Å². The van der Waals surface area contributed by atoms with E-state index in [1.54, 1.807) is 30.3 Å². The van der Waals surface area contributed by atoms with Gasteiger partial charge in [-0.3, -0.25) is 9.59 Å². The molecular weight excluding hydrogens is 374 g/mol. The molecule has 142 valence electrons. The highest BCUT2D eigenvalue weighted by atomic mass is 35.5. The first-order valence-corrected chi connectivity index (χ1v) is 9.15. The molecule has 0 aliphatic rings. The normalized spacial score (nSPS) is 10.3. The summed E-state index contributed by atoms with van der Waals surface area (Å²) in [5, 5.41) is 6.71. The molecule has 4 N–H and O–H groups in total. The van der Waals surface area contributed by atoms with Gasteiger partial charge in [0.15, 0.2) is 0 Å². The number of primary amides is 1.